The number of aryl methyl sites for hydroxylation is 2. The molecular formula is C14H15NO3. The van der Waals surface area contributed by atoms with E-state index in [1.807, 2.05) is 26.0 Å². The van der Waals surface area contributed by atoms with Gasteiger partial charge in [-0.15, -0.1) is 0 Å². The van der Waals surface area contributed by atoms with Gasteiger partial charge in [0.15, 0.2) is 0 Å². The van der Waals surface area contributed by atoms with Crippen LogP contribution in [0.3, 0.4) is 0 Å². The van der Waals surface area contributed by atoms with Crippen LogP contribution in [0.4, 0.5) is 5.69 Å². The molecule has 1 heterocycles. The van der Waals surface area contributed by atoms with Crippen LogP contribution in [0.15, 0.2) is 34.7 Å². The smallest absolute Gasteiger partial charge is 0.335 e. The molecule has 4 nitrogen and oxygen atoms in total. The second-order valence-electron chi connectivity index (χ2n) is 4.20. The molecule has 2 aromatic rings. The van der Waals surface area contributed by atoms with Crippen LogP contribution in [0.1, 0.15) is 27.4 Å². The van der Waals surface area contributed by atoms with Crippen LogP contribution in [0.2, 0.25) is 0 Å². The Bertz CT molecular complexity index is 572. The molecular weight excluding hydrogens is 230 g/mol. The number of hydrogen-bond donors (Lipinski definition) is 2. The third-order valence-electron chi connectivity index (χ3n) is 2.73. The van der Waals surface area contributed by atoms with Crippen molar-refractivity contribution in [3.63, 3.8) is 0 Å². The Morgan fingerprint density at radius 2 is 2.06 bits per heavy atom. The van der Waals surface area contributed by atoms with Crippen molar-refractivity contribution in [2.45, 2.75) is 20.4 Å². The summed E-state index contributed by atoms with van der Waals surface area (Å²) in [6.45, 7) is 4.36. The highest BCUT2D eigenvalue weighted by Crippen LogP contribution is 2.18. The predicted octanol–water partition coefficient (Wildman–Crippen LogP) is 3.21. The van der Waals surface area contributed by atoms with Gasteiger partial charge in [-0.1, -0.05) is 6.07 Å². The Morgan fingerprint density at radius 1 is 1.28 bits per heavy atom. The van der Waals surface area contributed by atoms with Gasteiger partial charge in [0.05, 0.1) is 12.1 Å². The zero-order valence-corrected chi connectivity index (χ0v) is 10.4. The van der Waals surface area contributed by atoms with E-state index in [1.54, 1.807) is 18.2 Å². The highest BCUT2D eigenvalue weighted by atomic mass is 16.4. The Hall–Kier alpha value is -2.23. The van der Waals surface area contributed by atoms with Crippen molar-refractivity contribution in [2.24, 2.45) is 0 Å². The number of carboxylic acid groups (broad SMARTS) is 1. The van der Waals surface area contributed by atoms with Crippen molar-refractivity contribution in [2.75, 3.05) is 5.32 Å². The second kappa shape index (κ2) is 4.96. The molecule has 2 rings (SSSR count). The van der Waals surface area contributed by atoms with Gasteiger partial charge in [-0.25, -0.2) is 4.79 Å². The summed E-state index contributed by atoms with van der Waals surface area (Å²) >= 11 is 0. The number of rotatable bonds is 4. The summed E-state index contributed by atoms with van der Waals surface area (Å²) in [6, 6.07) is 8.82. The average molecular weight is 245 g/mol. The van der Waals surface area contributed by atoms with E-state index in [9.17, 15) is 4.79 Å². The second-order valence-corrected chi connectivity index (χ2v) is 4.20. The zero-order valence-electron chi connectivity index (χ0n) is 10.4. The van der Waals surface area contributed by atoms with Crippen molar-refractivity contribution in [1.29, 1.82) is 0 Å². The molecule has 0 spiro atoms. The molecule has 0 fully saturated rings. The first-order valence-corrected chi connectivity index (χ1v) is 5.69. The topological polar surface area (TPSA) is 62.5 Å². The summed E-state index contributed by atoms with van der Waals surface area (Å²) in [5.74, 6) is 0.766. The molecule has 0 bridgehead atoms. The number of hydrogen-bond acceptors (Lipinski definition) is 3. The van der Waals surface area contributed by atoms with Crippen molar-refractivity contribution >= 4 is 11.7 Å². The zero-order chi connectivity index (χ0) is 13.1. The first kappa shape index (κ1) is 12.2. The molecule has 94 valence electrons. The predicted molar refractivity (Wildman–Crippen MR) is 68.9 cm³/mol. The number of anilines is 1. The summed E-state index contributed by atoms with van der Waals surface area (Å²) in [5, 5.41) is 12.1. The van der Waals surface area contributed by atoms with Crippen LogP contribution in [-0.2, 0) is 6.54 Å². The maximum atomic E-state index is 10.9. The summed E-state index contributed by atoms with van der Waals surface area (Å²) in [6.07, 6.45) is 0. The SMILES string of the molecule is Cc1ccc(CNc2cc(C(=O)O)ccc2C)o1. The maximum absolute atomic E-state index is 10.9. The van der Waals surface area contributed by atoms with Gasteiger partial charge in [0.1, 0.15) is 11.5 Å². The fourth-order valence-electron chi connectivity index (χ4n) is 1.71. The van der Waals surface area contributed by atoms with Crippen LogP contribution in [-0.4, -0.2) is 11.1 Å². The van der Waals surface area contributed by atoms with Crippen molar-refractivity contribution in [3.8, 4) is 0 Å². The minimum Gasteiger partial charge on any atom is -0.478 e. The molecule has 0 aliphatic heterocycles. The van der Waals surface area contributed by atoms with Crippen molar-refractivity contribution < 1.29 is 14.3 Å². The van der Waals surface area contributed by atoms with E-state index in [4.69, 9.17) is 9.52 Å². The van der Waals surface area contributed by atoms with E-state index in [0.717, 1.165) is 22.8 Å². The minimum absolute atomic E-state index is 0.277. The lowest BCUT2D eigenvalue weighted by Gasteiger charge is -2.09. The number of furan rings is 1. The summed E-state index contributed by atoms with van der Waals surface area (Å²) in [4.78, 5) is 10.9. The number of nitrogens with one attached hydrogen (secondary N) is 1. The number of carbonyl (C=O) groups is 1. The van der Waals surface area contributed by atoms with Gasteiger partial charge in [-0.05, 0) is 43.7 Å². The molecule has 1 aromatic carbocycles. The molecule has 4 heteroatoms. The highest BCUT2D eigenvalue weighted by molar-refractivity contribution is 5.89. The lowest BCUT2D eigenvalue weighted by atomic mass is 10.1. The van der Waals surface area contributed by atoms with E-state index < -0.39 is 5.97 Å². The van der Waals surface area contributed by atoms with Crippen LogP contribution >= 0.6 is 0 Å². The Kier molecular flexibility index (Phi) is 3.37. The molecule has 0 saturated carbocycles. The first-order chi connectivity index (χ1) is 8.56. The molecule has 0 atom stereocenters. The molecule has 0 aliphatic carbocycles. The lowest BCUT2D eigenvalue weighted by Crippen LogP contribution is -2.03. The molecule has 2 N–H and O–H groups in total. The number of aromatic carboxylic acids is 1. The fraction of sp³-hybridized carbons (Fsp3) is 0.214. The van der Waals surface area contributed by atoms with Gasteiger partial charge >= 0.3 is 5.97 Å². The third kappa shape index (κ3) is 2.71. The van der Waals surface area contributed by atoms with Crippen LogP contribution in [0, 0.1) is 13.8 Å². The highest BCUT2D eigenvalue weighted by Gasteiger charge is 2.06. The molecule has 18 heavy (non-hydrogen) atoms. The minimum atomic E-state index is -0.924. The molecule has 0 saturated heterocycles. The lowest BCUT2D eigenvalue weighted by molar-refractivity contribution is 0.0697. The van der Waals surface area contributed by atoms with Gasteiger partial charge in [-0.3, -0.25) is 0 Å². The number of benzene rings is 1. The third-order valence-corrected chi connectivity index (χ3v) is 2.73. The van der Waals surface area contributed by atoms with Gasteiger partial charge in [0.2, 0.25) is 0 Å². The largest absolute Gasteiger partial charge is 0.478 e. The Morgan fingerprint density at radius 3 is 2.67 bits per heavy atom. The summed E-state index contributed by atoms with van der Waals surface area (Å²) in [5.41, 5.74) is 2.09. The van der Waals surface area contributed by atoms with E-state index >= 15 is 0 Å². The van der Waals surface area contributed by atoms with E-state index in [1.165, 1.54) is 0 Å². The summed E-state index contributed by atoms with van der Waals surface area (Å²) in [7, 11) is 0. The van der Waals surface area contributed by atoms with Crippen LogP contribution in [0.5, 0.6) is 0 Å². The first-order valence-electron chi connectivity index (χ1n) is 5.69. The van der Waals surface area contributed by atoms with Gasteiger partial charge in [-0.2, -0.15) is 0 Å². The Balaban J connectivity index is 2.13. The average Bonchev–Trinajstić information content (AvgIpc) is 2.74. The van der Waals surface area contributed by atoms with E-state index in [2.05, 4.69) is 5.32 Å². The Labute approximate surface area is 105 Å². The maximum Gasteiger partial charge on any atom is 0.335 e. The molecule has 0 amide bonds. The van der Waals surface area contributed by atoms with Gasteiger partial charge in [0, 0.05) is 5.69 Å². The number of carboxylic acids is 1. The molecule has 1 aromatic heterocycles. The molecule has 0 unspecified atom stereocenters. The van der Waals surface area contributed by atoms with Crippen LogP contribution in [0.25, 0.3) is 0 Å². The fourth-order valence-corrected chi connectivity index (χ4v) is 1.71. The molecule has 0 radical (unpaired) electrons. The summed E-state index contributed by atoms with van der Waals surface area (Å²) < 4.78 is 5.44. The standard InChI is InChI=1S/C14H15NO3/c1-9-3-5-11(14(16)17)7-13(9)15-8-12-6-4-10(2)18-12/h3-7,15H,8H2,1-2H3,(H,16,17). The monoisotopic (exact) mass is 245 g/mol. The van der Waals surface area contributed by atoms with Crippen molar-refractivity contribution in [1.82, 2.24) is 0 Å². The van der Waals surface area contributed by atoms with Crippen molar-refractivity contribution in [3.05, 3.63) is 53.0 Å². The normalized spacial score (nSPS) is 10.3. The van der Waals surface area contributed by atoms with Crippen LogP contribution < -0.4 is 5.32 Å². The van der Waals surface area contributed by atoms with E-state index in [-0.39, 0.29) is 5.56 Å². The molecule has 0 aliphatic rings. The van der Waals surface area contributed by atoms with E-state index in [0.29, 0.717) is 6.54 Å². The quantitative estimate of drug-likeness (QED) is 0.868. The van der Waals surface area contributed by atoms with Gasteiger partial charge in [0.25, 0.3) is 0 Å². The van der Waals surface area contributed by atoms with Gasteiger partial charge < -0.3 is 14.8 Å².